The zero-order valence-electron chi connectivity index (χ0n) is 24.2. The van der Waals surface area contributed by atoms with E-state index in [0.29, 0.717) is 82.6 Å². The number of aryl methyl sites for hydroxylation is 1. The van der Waals surface area contributed by atoms with Crippen molar-refractivity contribution in [2.24, 2.45) is 5.73 Å². The molecule has 0 saturated carbocycles. The standard InChI is InChI=1S/C30H40N10O3/c31-11-17-42-19-20-43-18-14-33-27(41)26-9-7-25(8-10-26)22-36-30-38-28(34-12-4-15-40-16-13-32-23-40)37-29(39-30)35-21-24-5-2-1-3-6-24/h1-3,5-10,13,16,23H,4,11-12,14-15,17-22,31H2,(H,33,41)(H3,34,35,36,37,38,39). The number of amides is 1. The Morgan fingerprint density at radius 2 is 1.42 bits per heavy atom. The first-order valence-electron chi connectivity index (χ1n) is 14.4. The van der Waals surface area contributed by atoms with E-state index >= 15 is 0 Å². The van der Waals surface area contributed by atoms with Crippen molar-refractivity contribution in [2.75, 3.05) is 62.0 Å². The van der Waals surface area contributed by atoms with Crippen molar-refractivity contribution in [3.63, 3.8) is 0 Å². The highest BCUT2D eigenvalue weighted by Gasteiger charge is 2.09. The van der Waals surface area contributed by atoms with E-state index in [1.165, 1.54) is 0 Å². The fraction of sp³-hybridized carbons (Fsp3) is 0.367. The molecular formula is C30H40N10O3. The largest absolute Gasteiger partial charge is 0.378 e. The molecule has 2 aromatic carbocycles. The van der Waals surface area contributed by atoms with Crippen LogP contribution in [0.1, 0.15) is 27.9 Å². The second-order valence-corrected chi connectivity index (χ2v) is 9.55. The average Bonchev–Trinajstić information content (AvgIpc) is 3.57. The lowest BCUT2D eigenvalue weighted by Gasteiger charge is -2.12. The van der Waals surface area contributed by atoms with Gasteiger partial charge in [0.25, 0.3) is 5.91 Å². The van der Waals surface area contributed by atoms with Gasteiger partial charge in [0.1, 0.15) is 0 Å². The number of imidazole rings is 1. The maximum Gasteiger partial charge on any atom is 0.251 e. The molecular weight excluding hydrogens is 548 g/mol. The number of benzene rings is 2. The first kappa shape index (κ1) is 31.3. The highest BCUT2D eigenvalue weighted by Crippen LogP contribution is 2.13. The predicted octanol–water partition coefficient (Wildman–Crippen LogP) is 2.52. The van der Waals surface area contributed by atoms with Crippen LogP contribution in [-0.2, 0) is 29.1 Å². The number of carbonyl (C=O) groups is 1. The number of nitrogens with one attached hydrogen (secondary N) is 4. The van der Waals surface area contributed by atoms with Gasteiger partial charge in [-0.25, -0.2) is 4.98 Å². The molecule has 0 saturated heterocycles. The molecule has 2 aromatic heterocycles. The highest BCUT2D eigenvalue weighted by atomic mass is 16.5. The van der Waals surface area contributed by atoms with Crippen LogP contribution in [-0.4, -0.2) is 76.5 Å². The van der Waals surface area contributed by atoms with E-state index in [4.69, 9.17) is 15.2 Å². The van der Waals surface area contributed by atoms with E-state index < -0.39 is 0 Å². The summed E-state index contributed by atoms with van der Waals surface area (Å²) in [5.41, 5.74) is 8.04. The quantitative estimate of drug-likeness (QED) is 0.0963. The van der Waals surface area contributed by atoms with Gasteiger partial charge in [0.05, 0.1) is 32.8 Å². The van der Waals surface area contributed by atoms with Crippen molar-refractivity contribution >= 4 is 23.8 Å². The maximum atomic E-state index is 12.5. The van der Waals surface area contributed by atoms with Crippen LogP contribution in [0, 0.1) is 0 Å². The monoisotopic (exact) mass is 588 g/mol. The van der Waals surface area contributed by atoms with Gasteiger partial charge in [-0.05, 0) is 29.7 Å². The fourth-order valence-electron chi connectivity index (χ4n) is 3.97. The minimum Gasteiger partial charge on any atom is -0.378 e. The molecule has 0 unspecified atom stereocenters. The van der Waals surface area contributed by atoms with E-state index in [1.54, 1.807) is 24.7 Å². The Balaban J connectivity index is 1.27. The van der Waals surface area contributed by atoms with Gasteiger partial charge in [0.2, 0.25) is 17.8 Å². The Morgan fingerprint density at radius 3 is 2.07 bits per heavy atom. The van der Waals surface area contributed by atoms with Crippen LogP contribution in [0.25, 0.3) is 0 Å². The van der Waals surface area contributed by atoms with Crippen molar-refractivity contribution < 1.29 is 14.3 Å². The predicted molar refractivity (Wildman–Crippen MR) is 166 cm³/mol. The lowest BCUT2D eigenvalue weighted by Crippen LogP contribution is -2.27. The third kappa shape index (κ3) is 11.7. The Bertz CT molecular complexity index is 1340. The van der Waals surface area contributed by atoms with Gasteiger partial charge in [0.15, 0.2) is 0 Å². The first-order chi connectivity index (χ1) is 21.2. The summed E-state index contributed by atoms with van der Waals surface area (Å²) in [6.07, 6.45) is 6.39. The molecule has 6 N–H and O–H groups in total. The average molecular weight is 589 g/mol. The molecule has 0 radical (unpaired) electrons. The molecule has 0 atom stereocenters. The van der Waals surface area contributed by atoms with Crippen LogP contribution < -0.4 is 27.0 Å². The first-order valence-corrected chi connectivity index (χ1v) is 14.4. The van der Waals surface area contributed by atoms with Crippen molar-refractivity contribution in [3.8, 4) is 0 Å². The second kappa shape index (κ2) is 18.1. The molecule has 13 nitrogen and oxygen atoms in total. The summed E-state index contributed by atoms with van der Waals surface area (Å²) < 4.78 is 12.7. The summed E-state index contributed by atoms with van der Waals surface area (Å²) in [6.45, 7) is 5.38. The fourth-order valence-corrected chi connectivity index (χ4v) is 3.97. The minimum absolute atomic E-state index is 0.155. The SMILES string of the molecule is NCCOCCOCCNC(=O)c1ccc(CNc2nc(NCCCn3ccnc3)nc(NCc3ccccc3)n2)cc1. The molecule has 0 aliphatic rings. The third-order valence-corrected chi connectivity index (χ3v) is 6.20. The summed E-state index contributed by atoms with van der Waals surface area (Å²) >= 11 is 0. The van der Waals surface area contributed by atoms with Crippen LogP contribution in [0.3, 0.4) is 0 Å². The van der Waals surface area contributed by atoms with Crippen LogP contribution >= 0.6 is 0 Å². The van der Waals surface area contributed by atoms with E-state index in [1.807, 2.05) is 53.2 Å². The summed E-state index contributed by atoms with van der Waals surface area (Å²) in [6, 6.07) is 17.5. The van der Waals surface area contributed by atoms with E-state index in [9.17, 15) is 4.79 Å². The van der Waals surface area contributed by atoms with E-state index in [-0.39, 0.29) is 5.91 Å². The normalized spacial score (nSPS) is 10.8. The Hall–Kier alpha value is -4.59. The van der Waals surface area contributed by atoms with Crippen LogP contribution in [0.15, 0.2) is 73.3 Å². The number of rotatable bonds is 20. The molecule has 1 amide bonds. The zero-order valence-corrected chi connectivity index (χ0v) is 24.2. The van der Waals surface area contributed by atoms with Gasteiger partial charge in [-0.1, -0.05) is 42.5 Å². The van der Waals surface area contributed by atoms with Gasteiger partial charge in [-0.15, -0.1) is 0 Å². The third-order valence-electron chi connectivity index (χ3n) is 6.20. The number of ether oxygens (including phenoxy) is 2. The summed E-state index contributed by atoms with van der Waals surface area (Å²) in [7, 11) is 0. The Morgan fingerprint density at radius 1 is 0.767 bits per heavy atom. The van der Waals surface area contributed by atoms with E-state index in [0.717, 1.165) is 24.1 Å². The number of aromatic nitrogens is 5. The Kier molecular flexibility index (Phi) is 13.2. The molecule has 2 heterocycles. The summed E-state index contributed by atoms with van der Waals surface area (Å²) in [4.78, 5) is 30.2. The van der Waals surface area contributed by atoms with Crippen molar-refractivity contribution in [1.29, 1.82) is 0 Å². The molecule has 0 bridgehead atoms. The maximum absolute atomic E-state index is 12.5. The summed E-state index contributed by atoms with van der Waals surface area (Å²) in [5.74, 6) is 1.24. The molecule has 43 heavy (non-hydrogen) atoms. The highest BCUT2D eigenvalue weighted by molar-refractivity contribution is 5.94. The van der Waals surface area contributed by atoms with E-state index in [2.05, 4.69) is 41.2 Å². The molecule has 0 fully saturated rings. The van der Waals surface area contributed by atoms with Gasteiger partial charge in [0, 0.05) is 57.2 Å². The zero-order chi connectivity index (χ0) is 30.0. The van der Waals surface area contributed by atoms with Gasteiger partial charge in [-0.2, -0.15) is 15.0 Å². The van der Waals surface area contributed by atoms with Crippen LogP contribution in [0.5, 0.6) is 0 Å². The molecule has 4 aromatic rings. The molecule has 13 heteroatoms. The smallest absolute Gasteiger partial charge is 0.251 e. The molecule has 228 valence electrons. The lowest BCUT2D eigenvalue weighted by molar-refractivity contribution is 0.0511. The van der Waals surface area contributed by atoms with Crippen molar-refractivity contribution in [2.45, 2.75) is 26.1 Å². The van der Waals surface area contributed by atoms with Crippen LogP contribution in [0.4, 0.5) is 17.8 Å². The molecule has 4 rings (SSSR count). The minimum atomic E-state index is -0.155. The topological polar surface area (TPSA) is 166 Å². The van der Waals surface area contributed by atoms with Crippen molar-refractivity contribution in [1.82, 2.24) is 29.8 Å². The number of carbonyl (C=O) groups excluding carboxylic acids is 1. The van der Waals surface area contributed by atoms with Gasteiger partial charge < -0.3 is 41.0 Å². The number of hydrogen-bond acceptors (Lipinski definition) is 11. The van der Waals surface area contributed by atoms with Gasteiger partial charge >= 0.3 is 0 Å². The second-order valence-electron chi connectivity index (χ2n) is 9.55. The number of nitrogens with two attached hydrogens (primary N) is 1. The number of nitrogens with zero attached hydrogens (tertiary/aromatic N) is 5. The van der Waals surface area contributed by atoms with Gasteiger partial charge in [-0.3, -0.25) is 4.79 Å². The molecule has 0 aliphatic heterocycles. The van der Waals surface area contributed by atoms with Crippen molar-refractivity contribution in [3.05, 3.63) is 90.0 Å². The molecule has 0 spiro atoms. The van der Waals surface area contributed by atoms with Crippen LogP contribution in [0.2, 0.25) is 0 Å². The lowest BCUT2D eigenvalue weighted by atomic mass is 10.1. The number of anilines is 3. The number of hydrogen-bond donors (Lipinski definition) is 5. The molecule has 0 aliphatic carbocycles. The summed E-state index contributed by atoms with van der Waals surface area (Å²) in [5, 5.41) is 12.7. The Labute approximate surface area is 251 Å².